The molecule has 2 aromatic rings. The van der Waals surface area contributed by atoms with Crippen LogP contribution >= 0.6 is 0 Å². The SMILES string of the molecule is Cc1cc(C)cc(NC(=O)CCCC(=O)OCCCc2ccccc2)c1. The molecule has 0 radical (unpaired) electrons. The van der Waals surface area contributed by atoms with Gasteiger partial charge in [-0.15, -0.1) is 0 Å². The smallest absolute Gasteiger partial charge is 0.305 e. The molecule has 0 saturated heterocycles. The summed E-state index contributed by atoms with van der Waals surface area (Å²) in [5.41, 5.74) is 4.27. The predicted molar refractivity (Wildman–Crippen MR) is 104 cm³/mol. The van der Waals surface area contributed by atoms with Gasteiger partial charge in [-0.2, -0.15) is 0 Å². The summed E-state index contributed by atoms with van der Waals surface area (Å²) in [6, 6.07) is 16.1. The first-order valence-electron chi connectivity index (χ1n) is 9.10. The molecule has 0 unspecified atom stereocenters. The molecule has 0 spiro atoms. The molecule has 2 rings (SSSR count). The molecule has 0 atom stereocenters. The molecular formula is C22H27NO3. The van der Waals surface area contributed by atoms with Crippen molar-refractivity contribution in [2.45, 2.75) is 46.0 Å². The van der Waals surface area contributed by atoms with Crippen LogP contribution in [0.4, 0.5) is 5.69 Å². The number of hydrogen-bond acceptors (Lipinski definition) is 3. The summed E-state index contributed by atoms with van der Waals surface area (Å²) in [5.74, 6) is -0.316. The third kappa shape index (κ3) is 7.51. The van der Waals surface area contributed by atoms with Gasteiger partial charge >= 0.3 is 5.97 Å². The van der Waals surface area contributed by atoms with Crippen LogP contribution in [0.5, 0.6) is 0 Å². The Balaban J connectivity index is 1.58. The molecule has 1 N–H and O–H groups in total. The van der Waals surface area contributed by atoms with Crippen molar-refractivity contribution in [3.05, 3.63) is 65.2 Å². The summed E-state index contributed by atoms with van der Waals surface area (Å²) in [6.45, 7) is 4.41. The third-order valence-electron chi connectivity index (χ3n) is 4.01. The standard InChI is InChI=1S/C22H27NO3/c1-17-14-18(2)16-20(15-17)23-21(24)11-6-12-22(25)26-13-7-10-19-8-4-3-5-9-19/h3-5,8-9,14-16H,6-7,10-13H2,1-2H3,(H,23,24). The van der Waals surface area contributed by atoms with Crippen molar-refractivity contribution < 1.29 is 14.3 Å². The van der Waals surface area contributed by atoms with Crippen molar-refractivity contribution in [3.8, 4) is 0 Å². The van der Waals surface area contributed by atoms with Crippen LogP contribution in [-0.2, 0) is 20.7 Å². The highest BCUT2D eigenvalue weighted by Crippen LogP contribution is 2.14. The normalized spacial score (nSPS) is 10.4. The number of hydrogen-bond donors (Lipinski definition) is 1. The Labute approximate surface area is 155 Å². The average molecular weight is 353 g/mol. The fourth-order valence-corrected chi connectivity index (χ4v) is 2.84. The van der Waals surface area contributed by atoms with E-state index in [4.69, 9.17) is 4.74 Å². The van der Waals surface area contributed by atoms with Gasteiger partial charge in [0.05, 0.1) is 6.61 Å². The lowest BCUT2D eigenvalue weighted by Crippen LogP contribution is -2.13. The van der Waals surface area contributed by atoms with Crippen LogP contribution in [0, 0.1) is 13.8 Å². The Morgan fingerprint density at radius 1 is 0.923 bits per heavy atom. The fourth-order valence-electron chi connectivity index (χ4n) is 2.84. The van der Waals surface area contributed by atoms with Gasteiger partial charge < -0.3 is 10.1 Å². The summed E-state index contributed by atoms with van der Waals surface area (Å²) in [5, 5.41) is 2.88. The molecule has 0 aromatic heterocycles. The first-order valence-corrected chi connectivity index (χ1v) is 9.10. The minimum absolute atomic E-state index is 0.0770. The van der Waals surface area contributed by atoms with Crippen LogP contribution in [-0.4, -0.2) is 18.5 Å². The van der Waals surface area contributed by atoms with Crippen LogP contribution in [0.15, 0.2) is 48.5 Å². The van der Waals surface area contributed by atoms with E-state index in [0.717, 1.165) is 29.7 Å². The lowest BCUT2D eigenvalue weighted by atomic mass is 10.1. The van der Waals surface area contributed by atoms with Gasteiger partial charge in [-0.3, -0.25) is 9.59 Å². The number of anilines is 1. The molecule has 2 aromatic carbocycles. The van der Waals surface area contributed by atoms with Crippen LogP contribution < -0.4 is 5.32 Å². The monoisotopic (exact) mass is 353 g/mol. The van der Waals surface area contributed by atoms with Crippen LogP contribution in [0.25, 0.3) is 0 Å². The molecule has 0 heterocycles. The van der Waals surface area contributed by atoms with Gasteiger partial charge in [-0.05, 0) is 61.9 Å². The molecule has 0 aliphatic rings. The Hall–Kier alpha value is -2.62. The zero-order valence-electron chi connectivity index (χ0n) is 15.6. The van der Waals surface area contributed by atoms with Crippen molar-refractivity contribution in [1.82, 2.24) is 0 Å². The largest absolute Gasteiger partial charge is 0.466 e. The minimum Gasteiger partial charge on any atom is -0.466 e. The van der Waals surface area contributed by atoms with E-state index in [1.807, 2.05) is 44.2 Å². The summed E-state index contributed by atoms with van der Waals surface area (Å²) in [6.07, 6.45) is 2.78. The Kier molecular flexibility index (Phi) is 7.87. The van der Waals surface area contributed by atoms with Gasteiger partial charge in [0, 0.05) is 18.5 Å². The Morgan fingerprint density at radius 3 is 2.31 bits per heavy atom. The molecule has 0 aliphatic heterocycles. The van der Waals surface area contributed by atoms with Gasteiger partial charge in [0.2, 0.25) is 5.91 Å². The van der Waals surface area contributed by atoms with Crippen molar-refractivity contribution in [2.75, 3.05) is 11.9 Å². The van der Waals surface area contributed by atoms with Crippen molar-refractivity contribution in [3.63, 3.8) is 0 Å². The molecule has 0 aliphatic carbocycles. The second kappa shape index (κ2) is 10.4. The molecule has 4 heteroatoms. The van der Waals surface area contributed by atoms with Crippen LogP contribution in [0.1, 0.15) is 42.4 Å². The van der Waals surface area contributed by atoms with E-state index in [2.05, 4.69) is 23.5 Å². The number of aryl methyl sites for hydroxylation is 3. The van der Waals surface area contributed by atoms with Crippen molar-refractivity contribution in [2.24, 2.45) is 0 Å². The van der Waals surface area contributed by atoms with E-state index < -0.39 is 0 Å². The summed E-state index contributed by atoms with van der Waals surface area (Å²) in [7, 11) is 0. The maximum absolute atomic E-state index is 12.0. The highest BCUT2D eigenvalue weighted by atomic mass is 16.5. The zero-order chi connectivity index (χ0) is 18.8. The number of ether oxygens (including phenoxy) is 1. The highest BCUT2D eigenvalue weighted by Gasteiger charge is 2.07. The molecule has 26 heavy (non-hydrogen) atoms. The molecular weight excluding hydrogens is 326 g/mol. The molecule has 4 nitrogen and oxygen atoms in total. The van der Waals surface area contributed by atoms with E-state index in [0.29, 0.717) is 19.4 Å². The Morgan fingerprint density at radius 2 is 1.62 bits per heavy atom. The fraction of sp³-hybridized carbons (Fsp3) is 0.364. The predicted octanol–water partition coefficient (Wildman–Crippen LogP) is 4.59. The van der Waals surface area contributed by atoms with E-state index in [-0.39, 0.29) is 18.3 Å². The average Bonchev–Trinajstić information content (AvgIpc) is 2.58. The molecule has 0 fully saturated rings. The number of carbonyl (C=O) groups excluding carboxylic acids is 2. The Bertz CT molecular complexity index is 705. The third-order valence-corrected chi connectivity index (χ3v) is 4.01. The number of nitrogens with one attached hydrogen (secondary N) is 1. The molecule has 0 bridgehead atoms. The maximum atomic E-state index is 12.0. The van der Waals surface area contributed by atoms with E-state index in [9.17, 15) is 9.59 Å². The minimum atomic E-state index is -0.239. The summed E-state index contributed by atoms with van der Waals surface area (Å²) >= 11 is 0. The van der Waals surface area contributed by atoms with Crippen molar-refractivity contribution >= 4 is 17.6 Å². The van der Waals surface area contributed by atoms with Gasteiger partial charge in [0.15, 0.2) is 0 Å². The lowest BCUT2D eigenvalue weighted by Gasteiger charge is -2.08. The number of amides is 1. The van der Waals surface area contributed by atoms with Crippen LogP contribution in [0.3, 0.4) is 0 Å². The van der Waals surface area contributed by atoms with Crippen molar-refractivity contribution in [1.29, 1.82) is 0 Å². The number of carbonyl (C=O) groups is 2. The van der Waals surface area contributed by atoms with E-state index in [1.54, 1.807) is 0 Å². The summed E-state index contributed by atoms with van der Waals surface area (Å²) < 4.78 is 5.22. The molecule has 1 amide bonds. The van der Waals surface area contributed by atoms with Gasteiger partial charge in [-0.25, -0.2) is 0 Å². The molecule has 0 saturated carbocycles. The number of rotatable bonds is 9. The van der Waals surface area contributed by atoms with Crippen LogP contribution in [0.2, 0.25) is 0 Å². The van der Waals surface area contributed by atoms with E-state index >= 15 is 0 Å². The quantitative estimate of drug-likeness (QED) is 0.530. The van der Waals surface area contributed by atoms with E-state index in [1.165, 1.54) is 5.56 Å². The lowest BCUT2D eigenvalue weighted by molar-refractivity contribution is -0.143. The first kappa shape index (κ1) is 19.7. The molecule has 138 valence electrons. The van der Waals surface area contributed by atoms with Gasteiger partial charge in [-0.1, -0.05) is 36.4 Å². The second-order valence-electron chi connectivity index (χ2n) is 6.59. The zero-order valence-corrected chi connectivity index (χ0v) is 15.6. The van der Waals surface area contributed by atoms with Gasteiger partial charge in [0.25, 0.3) is 0 Å². The maximum Gasteiger partial charge on any atom is 0.305 e. The highest BCUT2D eigenvalue weighted by molar-refractivity contribution is 5.91. The first-order chi connectivity index (χ1) is 12.5. The van der Waals surface area contributed by atoms with Gasteiger partial charge in [0.1, 0.15) is 0 Å². The number of esters is 1. The summed E-state index contributed by atoms with van der Waals surface area (Å²) in [4.78, 5) is 23.7. The number of benzene rings is 2. The topological polar surface area (TPSA) is 55.4 Å². The second-order valence-corrected chi connectivity index (χ2v) is 6.59.